The van der Waals surface area contributed by atoms with E-state index >= 15 is 0 Å². The van der Waals surface area contributed by atoms with Gasteiger partial charge in [0.25, 0.3) is 0 Å². The fraction of sp³-hybridized carbons (Fsp3) is 0.444. The van der Waals surface area contributed by atoms with Crippen LogP contribution in [0.5, 0.6) is 5.75 Å². The van der Waals surface area contributed by atoms with Gasteiger partial charge in [-0.3, -0.25) is 4.90 Å². The number of benzene rings is 1. The van der Waals surface area contributed by atoms with Gasteiger partial charge in [-0.05, 0) is 44.0 Å². The molecule has 122 valence electrons. The van der Waals surface area contributed by atoms with E-state index in [1.54, 1.807) is 0 Å². The van der Waals surface area contributed by atoms with Gasteiger partial charge in [-0.1, -0.05) is 12.1 Å². The molecule has 0 aliphatic carbocycles. The number of piperidine rings is 1. The van der Waals surface area contributed by atoms with Gasteiger partial charge in [-0.25, -0.2) is 9.97 Å². The lowest BCUT2D eigenvalue weighted by Gasteiger charge is -2.38. The van der Waals surface area contributed by atoms with E-state index in [1.807, 2.05) is 43.6 Å². The number of likely N-dealkylation sites (tertiary alicyclic amines) is 1. The maximum absolute atomic E-state index is 10.9. The molecule has 3 rings (SSSR count). The summed E-state index contributed by atoms with van der Waals surface area (Å²) in [4.78, 5) is 10.3. The van der Waals surface area contributed by atoms with Crippen LogP contribution in [0.2, 0.25) is 0 Å². The molecule has 2 aromatic rings. The van der Waals surface area contributed by atoms with E-state index in [0.29, 0.717) is 13.2 Å². The molecule has 1 saturated heterocycles. The van der Waals surface area contributed by atoms with E-state index in [0.717, 1.165) is 42.8 Å². The lowest BCUT2D eigenvalue weighted by molar-refractivity contribution is -0.0621. The molecule has 1 fully saturated rings. The summed E-state index contributed by atoms with van der Waals surface area (Å²) in [6.45, 7) is 4.69. The number of nitrogens with zero attached hydrogens (tertiary/aromatic N) is 3. The van der Waals surface area contributed by atoms with Crippen LogP contribution >= 0.6 is 0 Å². The Morgan fingerprint density at radius 2 is 2.13 bits per heavy atom. The highest BCUT2D eigenvalue weighted by molar-refractivity contribution is 5.27. The molecular weight excluding hydrogens is 290 g/mol. The summed E-state index contributed by atoms with van der Waals surface area (Å²) in [7, 11) is 0. The topological polar surface area (TPSA) is 58.5 Å². The highest BCUT2D eigenvalue weighted by atomic mass is 16.5. The van der Waals surface area contributed by atoms with Crippen LogP contribution in [0.15, 0.2) is 43.0 Å². The van der Waals surface area contributed by atoms with Crippen LogP contribution in [0, 0.1) is 6.92 Å². The van der Waals surface area contributed by atoms with Crippen LogP contribution in [-0.2, 0) is 6.54 Å². The Balaban J connectivity index is 1.58. The third-order valence-electron chi connectivity index (χ3n) is 4.15. The Hall–Kier alpha value is -1.98. The van der Waals surface area contributed by atoms with E-state index in [4.69, 9.17) is 4.74 Å². The van der Waals surface area contributed by atoms with Gasteiger partial charge in [0.15, 0.2) is 0 Å². The van der Waals surface area contributed by atoms with Crippen LogP contribution < -0.4 is 4.74 Å². The van der Waals surface area contributed by atoms with Crippen LogP contribution in [-0.4, -0.2) is 45.3 Å². The number of aryl methyl sites for hydroxylation is 1. The average Bonchev–Trinajstić information content (AvgIpc) is 2.54. The van der Waals surface area contributed by atoms with Crippen molar-refractivity contribution in [3.63, 3.8) is 0 Å². The van der Waals surface area contributed by atoms with Gasteiger partial charge in [-0.2, -0.15) is 0 Å². The Morgan fingerprint density at radius 1 is 1.30 bits per heavy atom. The molecule has 1 aliphatic rings. The third kappa shape index (κ3) is 4.50. The number of aromatic nitrogens is 2. The summed E-state index contributed by atoms with van der Waals surface area (Å²) in [5.41, 5.74) is 1.41. The molecule has 0 amide bonds. The molecule has 5 heteroatoms. The first kappa shape index (κ1) is 15.9. The van der Waals surface area contributed by atoms with Crippen molar-refractivity contribution in [2.75, 3.05) is 19.7 Å². The summed E-state index contributed by atoms with van der Waals surface area (Å²) >= 11 is 0. The van der Waals surface area contributed by atoms with Crippen molar-refractivity contribution in [2.24, 2.45) is 0 Å². The quantitative estimate of drug-likeness (QED) is 0.917. The van der Waals surface area contributed by atoms with Crippen molar-refractivity contribution in [1.82, 2.24) is 14.9 Å². The molecule has 1 aromatic heterocycles. The number of ether oxygens (including phenoxy) is 1. The fourth-order valence-corrected chi connectivity index (χ4v) is 3.05. The van der Waals surface area contributed by atoms with E-state index in [1.165, 1.54) is 6.33 Å². The minimum Gasteiger partial charge on any atom is -0.491 e. The molecule has 1 N–H and O–H groups in total. The summed E-state index contributed by atoms with van der Waals surface area (Å²) in [6.07, 6.45) is 6.90. The molecule has 5 nitrogen and oxygen atoms in total. The maximum Gasteiger partial charge on any atom is 0.119 e. The average molecular weight is 313 g/mol. The van der Waals surface area contributed by atoms with E-state index in [2.05, 4.69) is 14.9 Å². The zero-order valence-electron chi connectivity index (χ0n) is 13.5. The first-order chi connectivity index (χ1) is 11.1. The van der Waals surface area contributed by atoms with Gasteiger partial charge in [0.1, 0.15) is 24.3 Å². The monoisotopic (exact) mass is 313 g/mol. The zero-order chi connectivity index (χ0) is 16.1. The molecule has 1 atom stereocenters. The summed E-state index contributed by atoms with van der Waals surface area (Å²) in [5, 5.41) is 10.9. The Kier molecular flexibility index (Phi) is 4.88. The van der Waals surface area contributed by atoms with Gasteiger partial charge < -0.3 is 9.84 Å². The highest BCUT2D eigenvalue weighted by Crippen LogP contribution is 2.24. The van der Waals surface area contributed by atoms with E-state index in [-0.39, 0.29) is 0 Å². The number of aliphatic hydroxyl groups is 1. The first-order valence-corrected chi connectivity index (χ1v) is 8.01. The molecule has 23 heavy (non-hydrogen) atoms. The SMILES string of the molecule is Cc1cccc(OC[C@@]2(O)CCCN(Cc3cncnc3)C2)c1. The molecule has 0 spiro atoms. The molecule has 0 saturated carbocycles. The lowest BCUT2D eigenvalue weighted by atomic mass is 9.93. The minimum absolute atomic E-state index is 0.318. The van der Waals surface area contributed by atoms with Gasteiger partial charge in [0, 0.05) is 31.0 Å². The summed E-state index contributed by atoms with van der Waals surface area (Å²) in [6, 6.07) is 7.92. The normalized spacial score (nSPS) is 22.0. The van der Waals surface area contributed by atoms with E-state index < -0.39 is 5.60 Å². The Morgan fingerprint density at radius 3 is 2.91 bits per heavy atom. The van der Waals surface area contributed by atoms with Crippen molar-refractivity contribution in [1.29, 1.82) is 0 Å². The van der Waals surface area contributed by atoms with Crippen molar-refractivity contribution in [3.8, 4) is 5.75 Å². The van der Waals surface area contributed by atoms with E-state index in [9.17, 15) is 5.11 Å². The van der Waals surface area contributed by atoms with Gasteiger partial charge in [0.2, 0.25) is 0 Å². The predicted octanol–water partition coefficient (Wildman–Crippen LogP) is 2.19. The van der Waals surface area contributed by atoms with Crippen LogP contribution in [0.25, 0.3) is 0 Å². The van der Waals surface area contributed by atoms with Gasteiger partial charge >= 0.3 is 0 Å². The molecule has 0 unspecified atom stereocenters. The molecule has 1 aromatic carbocycles. The fourth-order valence-electron chi connectivity index (χ4n) is 3.05. The van der Waals surface area contributed by atoms with Crippen molar-refractivity contribution < 1.29 is 9.84 Å². The zero-order valence-corrected chi connectivity index (χ0v) is 13.5. The minimum atomic E-state index is -0.808. The molecular formula is C18H23N3O2. The highest BCUT2D eigenvalue weighted by Gasteiger charge is 2.34. The van der Waals surface area contributed by atoms with Crippen molar-refractivity contribution >= 4 is 0 Å². The molecule has 0 radical (unpaired) electrons. The molecule has 0 bridgehead atoms. The summed E-state index contributed by atoms with van der Waals surface area (Å²) in [5.74, 6) is 0.812. The van der Waals surface area contributed by atoms with Crippen molar-refractivity contribution in [3.05, 3.63) is 54.1 Å². The number of β-amino-alcohol motifs (C(OH)–C–C–N with tert-alkyl or cyclic N) is 1. The number of rotatable bonds is 5. The molecule has 2 heterocycles. The van der Waals surface area contributed by atoms with Gasteiger partial charge in [0.05, 0.1) is 0 Å². The maximum atomic E-state index is 10.9. The Bertz CT molecular complexity index is 635. The first-order valence-electron chi connectivity index (χ1n) is 8.01. The summed E-state index contributed by atoms with van der Waals surface area (Å²) < 4.78 is 5.83. The number of hydrogen-bond acceptors (Lipinski definition) is 5. The van der Waals surface area contributed by atoms with Crippen LogP contribution in [0.4, 0.5) is 0 Å². The lowest BCUT2D eigenvalue weighted by Crippen LogP contribution is -2.51. The smallest absolute Gasteiger partial charge is 0.119 e. The second-order valence-corrected chi connectivity index (χ2v) is 6.39. The second-order valence-electron chi connectivity index (χ2n) is 6.39. The van der Waals surface area contributed by atoms with Crippen molar-refractivity contribution in [2.45, 2.75) is 31.9 Å². The second kappa shape index (κ2) is 7.06. The largest absolute Gasteiger partial charge is 0.491 e. The van der Waals surface area contributed by atoms with Crippen LogP contribution in [0.3, 0.4) is 0 Å². The van der Waals surface area contributed by atoms with Crippen LogP contribution in [0.1, 0.15) is 24.0 Å². The molecule has 1 aliphatic heterocycles. The Labute approximate surface area is 137 Å². The standard InChI is InChI=1S/C18H23N3O2/c1-15-4-2-5-17(8-15)23-13-18(22)6-3-7-21(12-18)11-16-9-19-14-20-10-16/h2,4-5,8-10,14,22H,3,6-7,11-13H2,1H3/t18-/m1/s1. The number of hydrogen-bond donors (Lipinski definition) is 1. The third-order valence-corrected chi connectivity index (χ3v) is 4.15. The predicted molar refractivity (Wildman–Crippen MR) is 88.2 cm³/mol. The van der Waals surface area contributed by atoms with Gasteiger partial charge in [-0.15, -0.1) is 0 Å².